The largest absolute Gasteiger partial charge is 0.478 e. The number of aromatic carboxylic acids is 1. The molecule has 0 aliphatic heterocycles. The van der Waals surface area contributed by atoms with Gasteiger partial charge in [0.1, 0.15) is 6.04 Å². The van der Waals surface area contributed by atoms with E-state index < -0.39 is 35.8 Å². The van der Waals surface area contributed by atoms with Crippen LogP contribution in [0.15, 0.2) is 71.2 Å². The second kappa shape index (κ2) is 13.9. The van der Waals surface area contributed by atoms with Gasteiger partial charge in [0.25, 0.3) is 0 Å². The number of carboxylic acids is 2. The Morgan fingerprint density at radius 2 is 1.57 bits per heavy atom. The fraction of sp³-hybridized carbons (Fsp3) is 0.233. The van der Waals surface area contributed by atoms with Gasteiger partial charge >= 0.3 is 17.8 Å². The van der Waals surface area contributed by atoms with Crippen LogP contribution in [-0.4, -0.2) is 62.5 Å². The van der Waals surface area contributed by atoms with Gasteiger partial charge in [-0.05, 0) is 60.4 Å². The summed E-state index contributed by atoms with van der Waals surface area (Å²) in [5.41, 5.74) is 6.93. The minimum atomic E-state index is -1.82. The van der Waals surface area contributed by atoms with Crippen molar-refractivity contribution >= 4 is 57.0 Å². The highest BCUT2D eigenvalue weighted by atomic mass is 79.9. The third kappa shape index (κ3) is 7.20. The number of aliphatic hydroxyl groups excluding tert-OH is 1. The molecule has 0 saturated carbocycles. The molecule has 0 radical (unpaired) electrons. The van der Waals surface area contributed by atoms with Crippen LogP contribution in [0.2, 0.25) is 0 Å². The number of hydrogen-bond acceptors (Lipinski definition) is 6. The number of carboxylic acid groups (broad SMARTS) is 2. The van der Waals surface area contributed by atoms with E-state index >= 15 is 0 Å². The highest BCUT2D eigenvalue weighted by Crippen LogP contribution is 2.34. The van der Waals surface area contributed by atoms with E-state index in [9.17, 15) is 39.3 Å². The van der Waals surface area contributed by atoms with Crippen LogP contribution in [0.1, 0.15) is 46.9 Å². The monoisotopic (exact) mass is 639 g/mol. The first-order chi connectivity index (χ1) is 19.9. The number of rotatable bonds is 11. The van der Waals surface area contributed by atoms with Crippen molar-refractivity contribution in [2.75, 3.05) is 11.5 Å². The lowest BCUT2D eigenvalue weighted by Gasteiger charge is -2.35. The van der Waals surface area contributed by atoms with Crippen molar-refractivity contribution < 1.29 is 39.3 Å². The predicted octanol–water partition coefficient (Wildman–Crippen LogP) is 3.44. The maximum atomic E-state index is 12.9. The molecule has 0 fully saturated rings. The van der Waals surface area contributed by atoms with Crippen LogP contribution in [0, 0.1) is 0 Å². The summed E-state index contributed by atoms with van der Waals surface area (Å²) in [7, 11) is 0. The van der Waals surface area contributed by atoms with Gasteiger partial charge in [-0.2, -0.15) is 0 Å². The highest BCUT2D eigenvalue weighted by molar-refractivity contribution is 9.10. The minimum Gasteiger partial charge on any atom is -0.478 e. The Balaban J connectivity index is 2.10. The number of carbonyl (C=O) groups excluding carboxylic acids is 3. The molecule has 0 heterocycles. The van der Waals surface area contributed by atoms with Crippen molar-refractivity contribution in [1.29, 1.82) is 0 Å². The number of hydrogen-bond donors (Lipinski definition) is 4. The van der Waals surface area contributed by atoms with E-state index in [0.717, 1.165) is 14.9 Å². The van der Waals surface area contributed by atoms with Crippen molar-refractivity contribution in [2.45, 2.75) is 38.8 Å². The molecule has 220 valence electrons. The molecular formula is C30H30BrN3O8. The van der Waals surface area contributed by atoms with E-state index in [2.05, 4.69) is 15.9 Å². The summed E-state index contributed by atoms with van der Waals surface area (Å²) < 4.78 is 0.845. The lowest BCUT2D eigenvalue weighted by molar-refractivity contribution is -0.148. The molecule has 0 aliphatic rings. The van der Waals surface area contributed by atoms with E-state index in [4.69, 9.17) is 5.73 Å². The summed E-state index contributed by atoms with van der Waals surface area (Å²) in [6.45, 7) is 2.72. The van der Waals surface area contributed by atoms with E-state index in [0.29, 0.717) is 11.1 Å². The first-order valence-electron chi connectivity index (χ1n) is 12.8. The van der Waals surface area contributed by atoms with Crippen LogP contribution in [0.4, 0.5) is 11.4 Å². The van der Waals surface area contributed by atoms with Crippen LogP contribution in [-0.2, 0) is 32.0 Å². The minimum absolute atomic E-state index is 0.0208. The van der Waals surface area contributed by atoms with Crippen LogP contribution < -0.4 is 10.6 Å². The van der Waals surface area contributed by atoms with Gasteiger partial charge in [0, 0.05) is 24.4 Å². The van der Waals surface area contributed by atoms with Gasteiger partial charge < -0.3 is 26.0 Å². The van der Waals surface area contributed by atoms with Gasteiger partial charge in [-0.1, -0.05) is 52.3 Å². The molecule has 12 heteroatoms. The fourth-order valence-electron chi connectivity index (χ4n) is 4.82. The summed E-state index contributed by atoms with van der Waals surface area (Å²) in [6.07, 6.45) is -0.0537. The van der Waals surface area contributed by atoms with Gasteiger partial charge in [0.15, 0.2) is 0 Å². The number of carbonyl (C=O) groups is 5. The smallest absolute Gasteiger partial charge is 0.395 e. The van der Waals surface area contributed by atoms with Gasteiger partial charge in [-0.15, -0.1) is 0 Å². The molecule has 1 unspecified atom stereocenters. The number of benzene rings is 3. The summed E-state index contributed by atoms with van der Waals surface area (Å²) in [5.74, 6) is -5.73. The third-order valence-corrected chi connectivity index (χ3v) is 7.28. The number of halogens is 1. The zero-order valence-electron chi connectivity index (χ0n) is 22.9. The van der Waals surface area contributed by atoms with Crippen molar-refractivity contribution in [2.24, 2.45) is 5.73 Å². The van der Waals surface area contributed by atoms with Crippen molar-refractivity contribution in [3.05, 3.63) is 93.5 Å². The van der Waals surface area contributed by atoms with E-state index in [1.165, 1.54) is 48.2 Å². The Morgan fingerprint density at radius 1 is 0.929 bits per heavy atom. The number of aliphatic carboxylic acids is 1. The molecule has 3 aromatic carbocycles. The molecule has 0 aliphatic carbocycles. The SMILES string of the molecule is CC(=O)N(C(C)c1ccc(Br)cc1)[C@@H](Cc1ccc(N(C(=O)C(=O)O)c2ccccc2C(=O)O)c(CCO)c1)C(N)=O. The Bertz CT molecular complexity index is 1510. The maximum Gasteiger partial charge on any atom is 0.395 e. The molecule has 2 atom stereocenters. The summed E-state index contributed by atoms with van der Waals surface area (Å²) in [6, 6.07) is 15.6. The highest BCUT2D eigenvalue weighted by Gasteiger charge is 2.33. The number of primary amides is 1. The molecule has 0 spiro atoms. The van der Waals surface area contributed by atoms with E-state index in [1.54, 1.807) is 13.0 Å². The number of para-hydroxylation sites is 1. The lowest BCUT2D eigenvalue weighted by atomic mass is 9.96. The van der Waals surface area contributed by atoms with Crippen molar-refractivity contribution in [3.63, 3.8) is 0 Å². The van der Waals surface area contributed by atoms with E-state index in [-0.39, 0.29) is 42.3 Å². The molecule has 0 saturated heterocycles. The normalized spacial score (nSPS) is 12.2. The van der Waals surface area contributed by atoms with Gasteiger partial charge in [-0.3, -0.25) is 19.3 Å². The maximum absolute atomic E-state index is 12.9. The molecule has 42 heavy (non-hydrogen) atoms. The quantitative estimate of drug-likeness (QED) is 0.230. The van der Waals surface area contributed by atoms with Crippen molar-refractivity contribution in [3.8, 4) is 0 Å². The number of aliphatic hydroxyl groups is 1. The fourth-order valence-corrected chi connectivity index (χ4v) is 5.09. The molecule has 11 nitrogen and oxygen atoms in total. The van der Waals surface area contributed by atoms with Gasteiger partial charge in [0.2, 0.25) is 11.8 Å². The molecule has 3 amide bonds. The number of anilines is 2. The Kier molecular flexibility index (Phi) is 10.6. The Hall–Kier alpha value is -4.55. The Morgan fingerprint density at radius 3 is 2.12 bits per heavy atom. The topological polar surface area (TPSA) is 179 Å². The van der Waals surface area contributed by atoms with Crippen LogP contribution >= 0.6 is 15.9 Å². The number of nitrogens with zero attached hydrogens (tertiary/aromatic N) is 2. The van der Waals surface area contributed by atoms with Crippen molar-refractivity contribution in [1.82, 2.24) is 4.90 Å². The van der Waals surface area contributed by atoms with Crippen LogP contribution in [0.25, 0.3) is 0 Å². The standard InChI is InChI=1S/C30H30BrN3O8/c1-17(20-8-10-22(31)11-9-20)33(18(2)36)26(27(32)37)16-19-7-12-24(21(15-19)13-14-35)34(28(38)30(41)42)25-6-4-3-5-23(25)29(39)40/h3-12,15,17,26,35H,13-14,16H2,1-2H3,(H2,32,37)(H,39,40)(H,41,42)/t17?,26-/m0/s1. The number of amides is 3. The summed E-state index contributed by atoms with van der Waals surface area (Å²) in [4.78, 5) is 64.2. The van der Waals surface area contributed by atoms with Crippen LogP contribution in [0.3, 0.4) is 0 Å². The average Bonchev–Trinajstić information content (AvgIpc) is 2.94. The second-order valence-electron chi connectivity index (χ2n) is 9.48. The zero-order valence-corrected chi connectivity index (χ0v) is 24.4. The van der Waals surface area contributed by atoms with Gasteiger partial charge in [0.05, 0.1) is 23.0 Å². The molecular weight excluding hydrogens is 610 g/mol. The molecule has 5 N–H and O–H groups in total. The third-order valence-electron chi connectivity index (χ3n) is 6.75. The van der Waals surface area contributed by atoms with E-state index in [1.807, 2.05) is 24.3 Å². The first kappa shape index (κ1) is 32.0. The Labute approximate surface area is 250 Å². The van der Waals surface area contributed by atoms with Gasteiger partial charge in [-0.25, -0.2) is 9.59 Å². The predicted molar refractivity (Wildman–Crippen MR) is 157 cm³/mol. The zero-order chi connectivity index (χ0) is 31.1. The second-order valence-corrected chi connectivity index (χ2v) is 10.4. The molecule has 0 aromatic heterocycles. The number of nitrogens with two attached hydrogens (primary N) is 1. The van der Waals surface area contributed by atoms with Crippen LogP contribution in [0.5, 0.6) is 0 Å². The molecule has 3 rings (SSSR count). The average molecular weight is 640 g/mol. The molecule has 0 bridgehead atoms. The summed E-state index contributed by atoms with van der Waals surface area (Å²) >= 11 is 3.38. The first-order valence-corrected chi connectivity index (χ1v) is 13.6. The lowest BCUT2D eigenvalue weighted by Crippen LogP contribution is -2.49. The molecule has 3 aromatic rings. The summed E-state index contributed by atoms with van der Waals surface area (Å²) in [5, 5.41) is 29.0.